The summed E-state index contributed by atoms with van der Waals surface area (Å²) in [6.45, 7) is 1.49. The van der Waals surface area contributed by atoms with Gasteiger partial charge in [0.15, 0.2) is 5.75 Å². The minimum atomic E-state index is -5.25. The van der Waals surface area contributed by atoms with E-state index in [9.17, 15) is 41.8 Å². The van der Waals surface area contributed by atoms with Gasteiger partial charge in [0.05, 0.1) is 22.0 Å². The molecule has 4 rings (SSSR count). The average Bonchev–Trinajstić information content (AvgIpc) is 2.89. The highest BCUT2D eigenvalue weighted by molar-refractivity contribution is 6.30. The topological polar surface area (TPSA) is 112 Å². The van der Waals surface area contributed by atoms with E-state index < -0.39 is 52.3 Å². The molecular weight excluding hydrogens is 572 g/mol. The normalized spacial score (nSPS) is 13.2. The van der Waals surface area contributed by atoms with Crippen molar-refractivity contribution in [3.8, 4) is 11.4 Å². The number of nitrogens with zero attached hydrogens (tertiary/aromatic N) is 3. The summed E-state index contributed by atoms with van der Waals surface area (Å²) in [6, 6.07) is 7.69. The smallest absolute Gasteiger partial charge is 0.471 e. The first-order valence-electron chi connectivity index (χ1n) is 12.1. The molecule has 0 unspecified atom stereocenters. The van der Waals surface area contributed by atoms with Crippen molar-refractivity contribution >= 4 is 35.0 Å². The second kappa shape index (κ2) is 10.9. The number of nitrogens with one attached hydrogen (secondary N) is 1. The number of hydrogen-bond acceptors (Lipinski definition) is 5. The van der Waals surface area contributed by atoms with E-state index in [1.54, 1.807) is 5.32 Å². The van der Waals surface area contributed by atoms with E-state index in [0.717, 1.165) is 11.0 Å². The standard InChI is InChI=1S/C27H23ClF4N4O5/c1-13-4-7-19(18(10-13)33-26(41)27(30,31)32)36-21(24(39)34(2)3)15-8-9-35(23(38)20(15)22(37)25(36)40)12-14-5-6-17(29)16(28)11-14/h4-7,10-11,37H,8-9,12H2,1-3H3,(H,33,41). The van der Waals surface area contributed by atoms with E-state index >= 15 is 0 Å². The van der Waals surface area contributed by atoms with Gasteiger partial charge in [-0.15, -0.1) is 0 Å². The van der Waals surface area contributed by atoms with Crippen LogP contribution in [0.5, 0.6) is 5.75 Å². The Labute approximate surface area is 235 Å². The first-order valence-corrected chi connectivity index (χ1v) is 12.4. The Morgan fingerprint density at radius 1 is 1.12 bits per heavy atom. The van der Waals surface area contributed by atoms with Crippen LogP contribution in [0.25, 0.3) is 5.69 Å². The Kier molecular flexibility index (Phi) is 7.85. The zero-order valence-electron chi connectivity index (χ0n) is 21.9. The second-order valence-electron chi connectivity index (χ2n) is 9.59. The molecule has 0 spiro atoms. The Balaban J connectivity index is 1.91. The average molecular weight is 595 g/mol. The molecule has 0 atom stereocenters. The molecule has 216 valence electrons. The van der Waals surface area contributed by atoms with E-state index in [-0.39, 0.29) is 41.5 Å². The SMILES string of the molecule is Cc1ccc(-n2c(C(=O)N(C)C)c3c(c(O)c2=O)C(=O)N(Cc2ccc(F)c(Cl)c2)CC3)c(NC(=O)C(F)(F)F)c1. The Morgan fingerprint density at radius 2 is 1.80 bits per heavy atom. The van der Waals surface area contributed by atoms with Gasteiger partial charge in [0.2, 0.25) is 0 Å². The molecule has 0 saturated carbocycles. The molecule has 14 heteroatoms. The van der Waals surface area contributed by atoms with Gasteiger partial charge in [-0.2, -0.15) is 13.2 Å². The summed E-state index contributed by atoms with van der Waals surface area (Å²) in [5.74, 6) is -5.57. The second-order valence-corrected chi connectivity index (χ2v) is 10.00. The van der Waals surface area contributed by atoms with E-state index in [0.29, 0.717) is 15.7 Å². The van der Waals surface area contributed by atoms with Gasteiger partial charge in [0.25, 0.3) is 17.4 Å². The summed E-state index contributed by atoms with van der Waals surface area (Å²) in [5, 5.41) is 12.5. The van der Waals surface area contributed by atoms with E-state index in [1.165, 1.54) is 56.3 Å². The van der Waals surface area contributed by atoms with Gasteiger partial charge in [0, 0.05) is 32.7 Å². The number of benzene rings is 2. The molecule has 2 aromatic carbocycles. The molecule has 1 aliphatic rings. The maximum absolute atomic E-state index is 13.6. The Morgan fingerprint density at radius 3 is 2.41 bits per heavy atom. The largest absolute Gasteiger partial charge is 0.502 e. The van der Waals surface area contributed by atoms with Gasteiger partial charge < -0.3 is 20.2 Å². The first-order chi connectivity index (χ1) is 19.1. The fourth-order valence-corrected chi connectivity index (χ4v) is 4.71. The van der Waals surface area contributed by atoms with Crippen LogP contribution in [0.2, 0.25) is 5.02 Å². The monoisotopic (exact) mass is 594 g/mol. The number of anilines is 1. The quantitative estimate of drug-likeness (QED) is 0.433. The molecule has 0 aliphatic carbocycles. The van der Waals surface area contributed by atoms with Crippen LogP contribution < -0.4 is 10.9 Å². The molecule has 0 radical (unpaired) electrons. The van der Waals surface area contributed by atoms with Crippen LogP contribution >= 0.6 is 11.6 Å². The number of halogens is 5. The highest BCUT2D eigenvalue weighted by Gasteiger charge is 2.40. The maximum Gasteiger partial charge on any atom is 0.471 e. The zero-order chi connectivity index (χ0) is 30.4. The summed E-state index contributed by atoms with van der Waals surface area (Å²) in [4.78, 5) is 54.7. The van der Waals surface area contributed by atoms with Crippen molar-refractivity contribution < 1.29 is 37.1 Å². The number of pyridine rings is 1. The number of hydrogen-bond donors (Lipinski definition) is 2. The Bertz CT molecular complexity index is 1650. The first kappa shape index (κ1) is 29.6. The molecule has 3 aromatic rings. The van der Waals surface area contributed by atoms with E-state index in [2.05, 4.69) is 0 Å². The summed E-state index contributed by atoms with van der Waals surface area (Å²) in [6.07, 6.45) is -5.29. The number of aromatic hydroxyl groups is 1. The molecule has 9 nitrogen and oxygen atoms in total. The van der Waals surface area contributed by atoms with Crippen molar-refractivity contribution in [3.05, 3.63) is 85.5 Å². The van der Waals surface area contributed by atoms with Crippen molar-refractivity contribution in [2.24, 2.45) is 0 Å². The molecule has 1 aliphatic heterocycles. The van der Waals surface area contributed by atoms with Crippen LogP contribution in [0.4, 0.5) is 23.2 Å². The minimum Gasteiger partial charge on any atom is -0.502 e. The summed E-state index contributed by atoms with van der Waals surface area (Å²) in [5.41, 5.74) is -1.95. The van der Waals surface area contributed by atoms with Crippen LogP contribution in [-0.2, 0) is 17.8 Å². The number of aryl methyl sites for hydroxylation is 1. The van der Waals surface area contributed by atoms with Gasteiger partial charge in [0.1, 0.15) is 11.5 Å². The van der Waals surface area contributed by atoms with Crippen LogP contribution in [0.3, 0.4) is 0 Å². The van der Waals surface area contributed by atoms with Crippen molar-refractivity contribution in [2.45, 2.75) is 26.1 Å². The van der Waals surface area contributed by atoms with E-state index in [4.69, 9.17) is 11.6 Å². The number of amides is 3. The molecule has 3 amide bonds. The van der Waals surface area contributed by atoms with Gasteiger partial charge >= 0.3 is 12.1 Å². The number of aromatic nitrogens is 1. The number of fused-ring (bicyclic) bond motifs is 1. The predicted molar refractivity (Wildman–Crippen MR) is 141 cm³/mol. The lowest BCUT2D eigenvalue weighted by Crippen LogP contribution is -2.42. The number of carbonyl (C=O) groups is 3. The van der Waals surface area contributed by atoms with Crippen molar-refractivity contribution in [1.29, 1.82) is 0 Å². The molecule has 2 N–H and O–H groups in total. The van der Waals surface area contributed by atoms with Gasteiger partial charge in [-0.3, -0.25) is 23.7 Å². The third kappa shape index (κ3) is 5.62. The zero-order valence-corrected chi connectivity index (χ0v) is 22.7. The maximum atomic E-state index is 13.6. The fourth-order valence-electron chi connectivity index (χ4n) is 4.50. The third-order valence-electron chi connectivity index (χ3n) is 6.45. The number of rotatable bonds is 5. The molecular formula is C27H23ClF4N4O5. The highest BCUT2D eigenvalue weighted by Crippen LogP contribution is 2.33. The van der Waals surface area contributed by atoms with Gasteiger partial charge in [-0.1, -0.05) is 23.7 Å². The molecule has 1 aromatic heterocycles. The summed E-state index contributed by atoms with van der Waals surface area (Å²) < 4.78 is 53.5. The fraction of sp³-hybridized carbons (Fsp3) is 0.259. The van der Waals surface area contributed by atoms with Gasteiger partial charge in [-0.05, 0) is 48.7 Å². The van der Waals surface area contributed by atoms with Crippen LogP contribution in [-0.4, -0.2) is 64.0 Å². The van der Waals surface area contributed by atoms with Crippen molar-refractivity contribution in [1.82, 2.24) is 14.4 Å². The third-order valence-corrected chi connectivity index (χ3v) is 6.74. The molecule has 41 heavy (non-hydrogen) atoms. The van der Waals surface area contributed by atoms with Crippen LogP contribution in [0.1, 0.15) is 37.5 Å². The lowest BCUT2D eigenvalue weighted by Gasteiger charge is -2.32. The molecule has 2 heterocycles. The predicted octanol–water partition coefficient (Wildman–Crippen LogP) is 4.05. The summed E-state index contributed by atoms with van der Waals surface area (Å²) in [7, 11) is 2.74. The summed E-state index contributed by atoms with van der Waals surface area (Å²) >= 11 is 5.84. The lowest BCUT2D eigenvalue weighted by atomic mass is 9.94. The molecule has 0 bridgehead atoms. The minimum absolute atomic E-state index is 0.00661. The Hall–Kier alpha value is -4.39. The number of carbonyl (C=O) groups excluding carboxylic acids is 3. The van der Waals surface area contributed by atoms with Crippen LogP contribution in [0.15, 0.2) is 41.2 Å². The van der Waals surface area contributed by atoms with Crippen molar-refractivity contribution in [2.75, 3.05) is 26.0 Å². The highest BCUT2D eigenvalue weighted by atomic mass is 35.5. The van der Waals surface area contributed by atoms with Crippen molar-refractivity contribution in [3.63, 3.8) is 0 Å². The van der Waals surface area contributed by atoms with E-state index in [1.807, 2.05) is 0 Å². The van der Waals surface area contributed by atoms with Gasteiger partial charge in [-0.25, -0.2) is 4.39 Å². The molecule has 0 fully saturated rings. The molecule has 0 saturated heterocycles. The number of alkyl halides is 3. The van der Waals surface area contributed by atoms with Crippen LogP contribution in [0, 0.1) is 12.7 Å². The lowest BCUT2D eigenvalue weighted by molar-refractivity contribution is -0.167.